The maximum absolute atomic E-state index is 6.28. The molecule has 0 radical (unpaired) electrons. The smallest absolute Gasteiger partial charge is 0.254 e. The molecule has 3 aromatic rings. The van der Waals surface area contributed by atoms with E-state index in [0.29, 0.717) is 5.78 Å². The van der Waals surface area contributed by atoms with Gasteiger partial charge in [0.1, 0.15) is 12.1 Å². The van der Waals surface area contributed by atoms with Gasteiger partial charge in [-0.3, -0.25) is 0 Å². The Kier molecular flexibility index (Phi) is 2.82. The molecule has 2 aromatic heterocycles. The fourth-order valence-corrected chi connectivity index (χ4v) is 3.12. The quantitative estimate of drug-likeness (QED) is 0.730. The van der Waals surface area contributed by atoms with Crippen molar-refractivity contribution >= 4 is 23.2 Å². The molecule has 0 unspecified atom stereocenters. The van der Waals surface area contributed by atoms with Crippen molar-refractivity contribution in [2.24, 2.45) is 0 Å². The molecule has 0 amide bonds. The van der Waals surface area contributed by atoms with Crippen LogP contribution in [0.2, 0.25) is 5.02 Å². The molecule has 1 aliphatic heterocycles. The van der Waals surface area contributed by atoms with E-state index in [4.69, 9.17) is 11.6 Å². The maximum atomic E-state index is 6.28. The van der Waals surface area contributed by atoms with Gasteiger partial charge in [0.25, 0.3) is 5.78 Å². The third kappa shape index (κ3) is 1.96. The van der Waals surface area contributed by atoms with E-state index < -0.39 is 0 Å². The Morgan fingerprint density at radius 3 is 3.00 bits per heavy atom. The van der Waals surface area contributed by atoms with Gasteiger partial charge >= 0.3 is 0 Å². The van der Waals surface area contributed by atoms with E-state index in [-0.39, 0.29) is 0 Å². The number of aryl methyl sites for hydroxylation is 1. The summed E-state index contributed by atoms with van der Waals surface area (Å²) in [6.45, 7) is 3.75. The molecule has 3 heterocycles. The minimum atomic E-state index is 0.650. The van der Waals surface area contributed by atoms with Crippen LogP contribution in [0.15, 0.2) is 30.6 Å². The van der Waals surface area contributed by atoms with E-state index in [1.54, 1.807) is 6.33 Å². The lowest BCUT2D eigenvalue weighted by Gasteiger charge is -2.20. The zero-order chi connectivity index (χ0) is 14.4. The summed E-state index contributed by atoms with van der Waals surface area (Å²) in [7, 11) is 0. The van der Waals surface area contributed by atoms with Gasteiger partial charge < -0.3 is 4.90 Å². The van der Waals surface area contributed by atoms with E-state index in [9.17, 15) is 0 Å². The highest BCUT2D eigenvalue weighted by Gasteiger charge is 2.26. The molecule has 21 heavy (non-hydrogen) atoms. The minimum Gasteiger partial charge on any atom is -0.351 e. The largest absolute Gasteiger partial charge is 0.351 e. The van der Waals surface area contributed by atoms with E-state index in [2.05, 4.69) is 26.0 Å². The van der Waals surface area contributed by atoms with E-state index >= 15 is 0 Å². The first-order valence-electron chi connectivity index (χ1n) is 6.91. The van der Waals surface area contributed by atoms with Crippen LogP contribution >= 0.6 is 11.6 Å². The summed E-state index contributed by atoms with van der Waals surface area (Å²) in [6, 6.07) is 7.96. The molecule has 0 saturated carbocycles. The van der Waals surface area contributed by atoms with Crippen molar-refractivity contribution in [2.75, 3.05) is 11.4 Å². The topological polar surface area (TPSA) is 46.3 Å². The molecule has 0 bridgehead atoms. The third-order valence-corrected chi connectivity index (χ3v) is 4.32. The normalized spacial score (nSPS) is 13.9. The molecule has 0 atom stereocenters. The number of hydrogen-bond acceptors (Lipinski definition) is 4. The highest BCUT2D eigenvalue weighted by Crippen LogP contribution is 2.31. The summed E-state index contributed by atoms with van der Waals surface area (Å²) in [4.78, 5) is 11.0. The molecule has 1 aromatic carbocycles. The number of hydrogen-bond donors (Lipinski definition) is 0. The first-order valence-corrected chi connectivity index (χ1v) is 7.29. The standard InChI is InChI=1S/C15H14ClN5/c1-10-12-6-7-20(8-11-4-2-3-5-13(11)16)14(12)21-15(19-10)17-9-18-21/h2-5,9H,6-8H2,1H3. The van der Waals surface area contributed by atoms with Crippen molar-refractivity contribution in [1.29, 1.82) is 0 Å². The zero-order valence-electron chi connectivity index (χ0n) is 11.6. The predicted molar refractivity (Wildman–Crippen MR) is 81.7 cm³/mol. The molecule has 4 rings (SSSR count). The van der Waals surface area contributed by atoms with Gasteiger partial charge in [0.05, 0.1) is 0 Å². The van der Waals surface area contributed by atoms with Gasteiger partial charge in [-0.05, 0) is 25.0 Å². The lowest BCUT2D eigenvalue weighted by atomic mass is 10.2. The minimum absolute atomic E-state index is 0.650. The number of halogens is 1. The number of aromatic nitrogens is 4. The first kappa shape index (κ1) is 12.6. The molecule has 1 aliphatic rings. The van der Waals surface area contributed by atoms with Crippen LogP contribution in [0.1, 0.15) is 16.8 Å². The first-order chi connectivity index (χ1) is 10.2. The van der Waals surface area contributed by atoms with Gasteiger partial charge in [-0.15, -0.1) is 0 Å². The highest BCUT2D eigenvalue weighted by atomic mass is 35.5. The van der Waals surface area contributed by atoms with Crippen LogP contribution in [0.4, 0.5) is 5.82 Å². The molecule has 0 fully saturated rings. The van der Waals surface area contributed by atoms with Crippen LogP contribution in [-0.2, 0) is 13.0 Å². The maximum Gasteiger partial charge on any atom is 0.254 e. The summed E-state index contributed by atoms with van der Waals surface area (Å²) in [6.07, 6.45) is 2.53. The molecule has 6 heteroatoms. The number of nitrogens with zero attached hydrogens (tertiary/aromatic N) is 5. The average molecular weight is 300 g/mol. The molecule has 0 N–H and O–H groups in total. The Balaban J connectivity index is 1.81. The Hall–Kier alpha value is -2.14. The van der Waals surface area contributed by atoms with E-state index in [1.807, 2.05) is 29.6 Å². The van der Waals surface area contributed by atoms with Crippen LogP contribution in [0, 0.1) is 6.92 Å². The summed E-state index contributed by atoms with van der Waals surface area (Å²) in [5, 5.41) is 5.11. The number of rotatable bonds is 2. The molecule has 0 aliphatic carbocycles. The molecular formula is C15H14ClN5. The fourth-order valence-electron chi connectivity index (χ4n) is 2.92. The second-order valence-corrected chi connectivity index (χ2v) is 5.64. The van der Waals surface area contributed by atoms with Crippen molar-refractivity contribution in [3.8, 4) is 0 Å². The summed E-state index contributed by atoms with van der Waals surface area (Å²) in [5.74, 6) is 1.74. The Bertz CT molecular complexity index is 826. The van der Waals surface area contributed by atoms with Crippen LogP contribution in [-0.4, -0.2) is 26.1 Å². The molecule has 5 nitrogen and oxygen atoms in total. The summed E-state index contributed by atoms with van der Waals surface area (Å²) in [5.41, 5.74) is 3.40. The molecular weight excluding hydrogens is 286 g/mol. The number of anilines is 1. The van der Waals surface area contributed by atoms with Gasteiger partial charge in [0.2, 0.25) is 0 Å². The van der Waals surface area contributed by atoms with Gasteiger partial charge in [0, 0.05) is 29.4 Å². The lowest BCUT2D eigenvalue weighted by molar-refractivity contribution is 0.799. The van der Waals surface area contributed by atoms with Gasteiger partial charge in [-0.25, -0.2) is 4.98 Å². The fraction of sp³-hybridized carbons (Fsp3) is 0.267. The number of benzene rings is 1. The van der Waals surface area contributed by atoms with Crippen LogP contribution < -0.4 is 4.90 Å². The van der Waals surface area contributed by atoms with E-state index in [1.165, 1.54) is 5.56 Å². The van der Waals surface area contributed by atoms with Crippen molar-refractivity contribution in [1.82, 2.24) is 19.6 Å². The van der Waals surface area contributed by atoms with Crippen LogP contribution in [0.25, 0.3) is 5.78 Å². The highest BCUT2D eigenvalue weighted by molar-refractivity contribution is 6.31. The second kappa shape index (κ2) is 4.70. The Morgan fingerprint density at radius 2 is 2.14 bits per heavy atom. The third-order valence-electron chi connectivity index (χ3n) is 3.96. The summed E-state index contributed by atoms with van der Waals surface area (Å²) >= 11 is 6.28. The van der Waals surface area contributed by atoms with Crippen molar-refractivity contribution in [3.05, 3.63) is 52.4 Å². The zero-order valence-corrected chi connectivity index (χ0v) is 12.4. The van der Waals surface area contributed by atoms with E-state index in [0.717, 1.165) is 41.6 Å². The monoisotopic (exact) mass is 299 g/mol. The molecule has 0 spiro atoms. The Morgan fingerprint density at radius 1 is 1.29 bits per heavy atom. The van der Waals surface area contributed by atoms with Crippen molar-refractivity contribution < 1.29 is 0 Å². The van der Waals surface area contributed by atoms with Crippen molar-refractivity contribution in [3.63, 3.8) is 0 Å². The van der Waals surface area contributed by atoms with Crippen molar-refractivity contribution in [2.45, 2.75) is 19.9 Å². The Labute approximate surface area is 127 Å². The average Bonchev–Trinajstić information content (AvgIpc) is 3.08. The van der Waals surface area contributed by atoms with Gasteiger partial charge in [-0.1, -0.05) is 29.8 Å². The predicted octanol–water partition coefficient (Wildman–Crippen LogP) is 2.65. The van der Waals surface area contributed by atoms with Gasteiger partial charge in [-0.2, -0.15) is 14.6 Å². The molecule has 106 valence electrons. The van der Waals surface area contributed by atoms with Gasteiger partial charge in [0.15, 0.2) is 0 Å². The number of fused-ring (bicyclic) bond motifs is 3. The molecule has 0 saturated heterocycles. The van der Waals surface area contributed by atoms with Crippen LogP contribution in [0.5, 0.6) is 0 Å². The summed E-state index contributed by atoms with van der Waals surface area (Å²) < 4.78 is 1.83. The second-order valence-electron chi connectivity index (χ2n) is 5.23. The SMILES string of the molecule is Cc1nc2ncnn2c2c1CCN2Cc1ccccc1Cl. The lowest BCUT2D eigenvalue weighted by Crippen LogP contribution is -2.22. The van der Waals surface area contributed by atoms with Crippen LogP contribution in [0.3, 0.4) is 0 Å².